The molecule has 0 saturated carbocycles. The Morgan fingerprint density at radius 1 is 1.44 bits per heavy atom. The van der Waals surface area contributed by atoms with Crippen LogP contribution in [-0.2, 0) is 4.65 Å². The van der Waals surface area contributed by atoms with Crippen molar-refractivity contribution < 1.29 is 8.97 Å². The fourth-order valence-corrected chi connectivity index (χ4v) is 0.598. The zero-order valence-corrected chi connectivity index (χ0v) is 6.19. The van der Waals surface area contributed by atoms with Crippen LogP contribution in [-0.4, -0.2) is 13.8 Å². The summed E-state index contributed by atoms with van der Waals surface area (Å²) in [6.45, 7) is 4.08. The number of rotatable bonds is 5. The zero-order valence-electron chi connectivity index (χ0n) is 6.19. The summed E-state index contributed by atoms with van der Waals surface area (Å²) >= 11 is 0. The molecule has 0 aliphatic heterocycles. The minimum Gasteiger partial charge on any atom is -0.408 e. The predicted molar refractivity (Wildman–Crippen MR) is 38.2 cm³/mol. The first-order valence-electron chi connectivity index (χ1n) is 3.53. The highest BCUT2D eigenvalue weighted by Crippen LogP contribution is 1.95. The first-order valence-corrected chi connectivity index (χ1v) is 3.53. The van der Waals surface area contributed by atoms with Gasteiger partial charge in [-0.15, -0.1) is 0 Å². The van der Waals surface area contributed by atoms with Crippen molar-refractivity contribution in [2.45, 2.75) is 33.0 Å². The van der Waals surface area contributed by atoms with Gasteiger partial charge in [-0.3, -0.25) is 4.32 Å². The molecule has 0 aromatic carbocycles. The van der Waals surface area contributed by atoms with E-state index in [0.29, 0.717) is 6.61 Å². The van der Waals surface area contributed by atoms with Crippen LogP contribution in [0.15, 0.2) is 0 Å². The second-order valence-corrected chi connectivity index (χ2v) is 2.12. The fourth-order valence-electron chi connectivity index (χ4n) is 0.598. The van der Waals surface area contributed by atoms with E-state index in [2.05, 4.69) is 11.6 Å². The monoisotopic (exact) mass is 132 g/mol. The van der Waals surface area contributed by atoms with Gasteiger partial charge in [-0.25, -0.2) is 0 Å². The lowest BCUT2D eigenvalue weighted by Gasteiger charge is -1.99. The molecular formula is C6H14BFO. The molecule has 0 spiro atoms. The third-order valence-electron chi connectivity index (χ3n) is 1.10. The Labute approximate surface area is 56.7 Å². The molecular weight excluding hydrogens is 118 g/mol. The van der Waals surface area contributed by atoms with Crippen molar-refractivity contribution in [2.75, 3.05) is 6.61 Å². The van der Waals surface area contributed by atoms with E-state index in [-0.39, 0.29) is 0 Å². The Kier molecular flexibility index (Phi) is 6.05. The van der Waals surface area contributed by atoms with Crippen molar-refractivity contribution >= 4 is 7.19 Å². The Bertz CT molecular complexity index is 59.0. The molecule has 0 aliphatic rings. The molecule has 0 amide bonds. The molecule has 0 N–H and O–H groups in total. The first-order chi connectivity index (χ1) is 4.27. The summed E-state index contributed by atoms with van der Waals surface area (Å²) in [5.41, 5.74) is 0. The van der Waals surface area contributed by atoms with Crippen molar-refractivity contribution in [3.05, 3.63) is 0 Å². The van der Waals surface area contributed by atoms with Gasteiger partial charge in [0, 0.05) is 6.61 Å². The Morgan fingerprint density at radius 2 is 2.11 bits per heavy atom. The summed E-state index contributed by atoms with van der Waals surface area (Å²) in [6.07, 6.45) is 3.27. The highest BCUT2D eigenvalue weighted by molar-refractivity contribution is 6.41. The largest absolute Gasteiger partial charge is 0.496 e. The van der Waals surface area contributed by atoms with Crippen LogP contribution in [0.2, 0.25) is 6.82 Å². The van der Waals surface area contributed by atoms with E-state index in [4.69, 9.17) is 0 Å². The van der Waals surface area contributed by atoms with Gasteiger partial charge in [0.2, 0.25) is 0 Å². The highest BCUT2D eigenvalue weighted by atomic mass is 19.1. The summed E-state index contributed by atoms with van der Waals surface area (Å²) in [5.74, 6) is 0. The Hall–Kier alpha value is -0.0451. The molecule has 0 fully saturated rings. The number of hydrogen-bond donors (Lipinski definition) is 0. The zero-order chi connectivity index (χ0) is 7.11. The quantitative estimate of drug-likeness (QED) is 0.411. The van der Waals surface area contributed by atoms with Crippen LogP contribution < -0.4 is 0 Å². The fraction of sp³-hybridized carbons (Fsp3) is 1.00. The van der Waals surface area contributed by atoms with E-state index < -0.39 is 7.19 Å². The minimum atomic E-state index is -1.10. The van der Waals surface area contributed by atoms with E-state index >= 15 is 0 Å². The van der Waals surface area contributed by atoms with E-state index in [1.165, 1.54) is 6.82 Å². The molecule has 1 nitrogen and oxygen atoms in total. The lowest BCUT2D eigenvalue weighted by molar-refractivity contribution is 0.285. The summed E-state index contributed by atoms with van der Waals surface area (Å²) in [7, 11) is -1.10. The summed E-state index contributed by atoms with van der Waals surface area (Å²) in [4.78, 5) is 0. The standard InChI is InChI=1S/C6H14BFO/c1-3-4-5-6-9-7(2)8/h3-6H2,1-2H3. The van der Waals surface area contributed by atoms with Crippen molar-refractivity contribution in [3.8, 4) is 0 Å². The molecule has 0 bridgehead atoms. The maximum atomic E-state index is 11.9. The van der Waals surface area contributed by atoms with Crippen LogP contribution in [0.3, 0.4) is 0 Å². The minimum absolute atomic E-state index is 0.561. The van der Waals surface area contributed by atoms with Crippen LogP contribution in [0.1, 0.15) is 26.2 Å². The summed E-state index contributed by atoms with van der Waals surface area (Å²) in [5, 5.41) is 0. The number of unbranched alkanes of at least 4 members (excludes halogenated alkanes) is 2. The maximum absolute atomic E-state index is 11.9. The Balaban J connectivity index is 2.75. The van der Waals surface area contributed by atoms with Gasteiger partial charge in [0.05, 0.1) is 0 Å². The molecule has 0 unspecified atom stereocenters. The molecule has 54 valence electrons. The lowest BCUT2D eigenvalue weighted by Crippen LogP contribution is -2.06. The molecule has 0 aromatic heterocycles. The van der Waals surface area contributed by atoms with Gasteiger partial charge in [0.15, 0.2) is 0 Å². The average Bonchev–Trinajstić information content (AvgIpc) is 1.80. The predicted octanol–water partition coefficient (Wildman–Crippen LogP) is 2.28. The van der Waals surface area contributed by atoms with Crippen molar-refractivity contribution in [1.29, 1.82) is 0 Å². The summed E-state index contributed by atoms with van der Waals surface area (Å²) < 4.78 is 16.6. The van der Waals surface area contributed by atoms with Crippen LogP contribution in [0, 0.1) is 0 Å². The molecule has 3 heteroatoms. The molecule has 9 heavy (non-hydrogen) atoms. The van der Waals surface area contributed by atoms with E-state index in [0.717, 1.165) is 19.3 Å². The van der Waals surface area contributed by atoms with Crippen LogP contribution >= 0.6 is 0 Å². The molecule has 0 heterocycles. The van der Waals surface area contributed by atoms with E-state index in [9.17, 15) is 4.32 Å². The third-order valence-corrected chi connectivity index (χ3v) is 1.10. The smallest absolute Gasteiger partial charge is 0.408 e. The second kappa shape index (κ2) is 6.08. The van der Waals surface area contributed by atoms with Gasteiger partial charge < -0.3 is 4.65 Å². The average molecular weight is 132 g/mol. The van der Waals surface area contributed by atoms with Crippen molar-refractivity contribution in [2.24, 2.45) is 0 Å². The topological polar surface area (TPSA) is 9.23 Å². The van der Waals surface area contributed by atoms with Gasteiger partial charge in [-0.1, -0.05) is 19.8 Å². The van der Waals surface area contributed by atoms with E-state index in [1.807, 2.05) is 0 Å². The van der Waals surface area contributed by atoms with Crippen molar-refractivity contribution in [1.82, 2.24) is 0 Å². The number of hydrogen-bond acceptors (Lipinski definition) is 1. The van der Waals surface area contributed by atoms with Gasteiger partial charge in [0.1, 0.15) is 0 Å². The normalized spacial score (nSPS) is 9.67. The van der Waals surface area contributed by atoms with Gasteiger partial charge in [0.25, 0.3) is 0 Å². The van der Waals surface area contributed by atoms with Crippen LogP contribution in [0.4, 0.5) is 4.32 Å². The molecule has 0 rings (SSSR count). The highest BCUT2D eigenvalue weighted by Gasteiger charge is 2.03. The molecule has 0 saturated heterocycles. The lowest BCUT2D eigenvalue weighted by atomic mass is 10.0. The van der Waals surface area contributed by atoms with Gasteiger partial charge in [-0.05, 0) is 13.2 Å². The first kappa shape index (κ1) is 8.95. The molecule has 0 aromatic rings. The van der Waals surface area contributed by atoms with Crippen LogP contribution in [0.5, 0.6) is 0 Å². The van der Waals surface area contributed by atoms with Crippen molar-refractivity contribution in [3.63, 3.8) is 0 Å². The molecule has 0 aliphatic carbocycles. The second-order valence-electron chi connectivity index (χ2n) is 2.12. The molecule has 0 radical (unpaired) electrons. The third kappa shape index (κ3) is 7.95. The SMILES string of the molecule is CCCCCOB(C)F. The van der Waals surface area contributed by atoms with E-state index in [1.54, 1.807) is 0 Å². The summed E-state index contributed by atoms with van der Waals surface area (Å²) in [6, 6.07) is 0. The Morgan fingerprint density at radius 3 is 2.56 bits per heavy atom. The molecule has 0 atom stereocenters. The van der Waals surface area contributed by atoms with Gasteiger partial charge >= 0.3 is 7.19 Å². The van der Waals surface area contributed by atoms with Gasteiger partial charge in [-0.2, -0.15) is 0 Å². The van der Waals surface area contributed by atoms with Crippen LogP contribution in [0.25, 0.3) is 0 Å². The number of halogens is 1. The maximum Gasteiger partial charge on any atom is 0.496 e.